The van der Waals surface area contributed by atoms with Crippen LogP contribution in [-0.4, -0.2) is 30.7 Å². The van der Waals surface area contributed by atoms with Gasteiger partial charge in [0.1, 0.15) is 0 Å². The molecule has 0 radical (unpaired) electrons. The molecule has 3 aromatic carbocycles. The summed E-state index contributed by atoms with van der Waals surface area (Å²) in [6, 6.07) is 17.9. The summed E-state index contributed by atoms with van der Waals surface area (Å²) in [5.41, 5.74) is 3.20. The fourth-order valence-corrected chi connectivity index (χ4v) is 4.78. The molecular weight excluding hydrogens is 430 g/mol. The minimum Gasteiger partial charge on any atom is -0.334 e. The van der Waals surface area contributed by atoms with Crippen LogP contribution in [0.2, 0.25) is 0 Å². The Hall–Kier alpha value is -3.72. The van der Waals surface area contributed by atoms with Gasteiger partial charge in [0, 0.05) is 36.0 Å². The number of carbonyl (C=O) groups is 1. The Bertz CT molecular complexity index is 1300. The van der Waals surface area contributed by atoms with Gasteiger partial charge in [0.05, 0.1) is 9.82 Å². The first-order valence-corrected chi connectivity index (χ1v) is 11.5. The smallest absolute Gasteiger partial charge is 0.273 e. The fourth-order valence-electron chi connectivity index (χ4n) is 3.70. The van der Waals surface area contributed by atoms with Crippen LogP contribution in [0.4, 0.5) is 11.4 Å². The molecule has 4 rings (SSSR count). The van der Waals surface area contributed by atoms with Crippen LogP contribution in [0.5, 0.6) is 0 Å². The third kappa shape index (κ3) is 4.33. The van der Waals surface area contributed by atoms with Crippen molar-refractivity contribution in [2.45, 2.75) is 24.8 Å². The average molecular weight is 452 g/mol. The van der Waals surface area contributed by atoms with Gasteiger partial charge in [-0.25, -0.2) is 8.42 Å². The second-order valence-electron chi connectivity index (χ2n) is 7.63. The first-order chi connectivity index (χ1) is 15.2. The van der Waals surface area contributed by atoms with Gasteiger partial charge < -0.3 is 4.90 Å². The van der Waals surface area contributed by atoms with E-state index in [0.29, 0.717) is 24.2 Å². The first kappa shape index (κ1) is 21.5. The number of benzene rings is 3. The molecule has 1 aliphatic rings. The lowest BCUT2D eigenvalue weighted by Crippen LogP contribution is -2.35. The van der Waals surface area contributed by atoms with E-state index in [0.717, 1.165) is 18.1 Å². The van der Waals surface area contributed by atoms with Crippen molar-refractivity contribution < 1.29 is 18.1 Å². The van der Waals surface area contributed by atoms with E-state index in [9.17, 15) is 23.3 Å². The number of amides is 1. The molecule has 164 valence electrons. The molecule has 32 heavy (non-hydrogen) atoms. The molecule has 0 unspecified atom stereocenters. The number of anilines is 1. The van der Waals surface area contributed by atoms with Crippen molar-refractivity contribution in [3.8, 4) is 0 Å². The molecule has 0 spiro atoms. The molecule has 3 aromatic rings. The van der Waals surface area contributed by atoms with E-state index < -0.39 is 14.9 Å². The Balaban J connectivity index is 1.49. The number of nitro benzene ring substituents is 1. The highest BCUT2D eigenvalue weighted by Gasteiger charge is 2.23. The second kappa shape index (κ2) is 8.43. The standard InChI is InChI=1S/C23H21N3O5S/c1-16-6-11-21(14-22(16)26(28)29)32(30,31)24-20-9-7-18(8-10-20)23(27)25-13-12-17-4-2-3-5-19(17)15-25/h2-11,14,24H,12-13,15H2,1H3. The van der Waals surface area contributed by atoms with Gasteiger partial charge in [0.25, 0.3) is 21.6 Å². The van der Waals surface area contributed by atoms with Crippen LogP contribution in [0.15, 0.2) is 71.6 Å². The summed E-state index contributed by atoms with van der Waals surface area (Å²) >= 11 is 0. The van der Waals surface area contributed by atoms with Crippen LogP contribution >= 0.6 is 0 Å². The van der Waals surface area contributed by atoms with Gasteiger partial charge in [0.2, 0.25) is 0 Å². The number of nitro groups is 1. The van der Waals surface area contributed by atoms with E-state index in [2.05, 4.69) is 10.8 Å². The lowest BCUT2D eigenvalue weighted by molar-refractivity contribution is -0.385. The maximum Gasteiger partial charge on any atom is 0.273 e. The zero-order chi connectivity index (χ0) is 22.9. The zero-order valence-corrected chi connectivity index (χ0v) is 18.1. The molecule has 8 nitrogen and oxygen atoms in total. The van der Waals surface area contributed by atoms with E-state index in [-0.39, 0.29) is 22.2 Å². The van der Waals surface area contributed by atoms with Gasteiger partial charge in [-0.1, -0.05) is 30.3 Å². The van der Waals surface area contributed by atoms with Crippen LogP contribution in [0.25, 0.3) is 0 Å². The number of nitrogens with one attached hydrogen (secondary N) is 1. The summed E-state index contributed by atoms with van der Waals surface area (Å²) < 4.78 is 27.7. The topological polar surface area (TPSA) is 110 Å². The Morgan fingerprint density at radius 1 is 1.03 bits per heavy atom. The monoisotopic (exact) mass is 451 g/mol. The summed E-state index contributed by atoms with van der Waals surface area (Å²) in [7, 11) is -4.02. The van der Waals surface area contributed by atoms with Gasteiger partial charge in [-0.2, -0.15) is 0 Å². The number of rotatable bonds is 5. The van der Waals surface area contributed by atoms with Gasteiger partial charge in [-0.05, 0) is 54.8 Å². The summed E-state index contributed by atoms with van der Waals surface area (Å²) in [6.07, 6.45) is 0.794. The molecular formula is C23H21N3O5S. The Kier molecular flexibility index (Phi) is 5.67. The number of nitrogens with zero attached hydrogens (tertiary/aromatic N) is 2. The first-order valence-electron chi connectivity index (χ1n) is 9.98. The summed E-state index contributed by atoms with van der Waals surface area (Å²) in [6.45, 7) is 2.70. The van der Waals surface area contributed by atoms with Crippen LogP contribution in [-0.2, 0) is 23.0 Å². The Labute approximate surface area is 185 Å². The third-order valence-electron chi connectivity index (χ3n) is 5.49. The van der Waals surface area contributed by atoms with Crippen molar-refractivity contribution in [1.29, 1.82) is 0 Å². The summed E-state index contributed by atoms with van der Waals surface area (Å²) in [5, 5.41) is 11.1. The molecule has 0 aliphatic carbocycles. The van der Waals surface area contributed by atoms with Crippen molar-refractivity contribution in [2.24, 2.45) is 0 Å². The second-order valence-corrected chi connectivity index (χ2v) is 9.32. The lowest BCUT2D eigenvalue weighted by atomic mass is 9.99. The molecule has 0 fully saturated rings. The molecule has 0 atom stereocenters. The quantitative estimate of drug-likeness (QED) is 0.467. The molecule has 1 aliphatic heterocycles. The van der Waals surface area contributed by atoms with E-state index in [4.69, 9.17) is 0 Å². The van der Waals surface area contributed by atoms with E-state index in [1.807, 2.05) is 18.2 Å². The van der Waals surface area contributed by atoms with Gasteiger partial charge in [-0.3, -0.25) is 19.6 Å². The molecule has 0 bridgehead atoms. The van der Waals surface area contributed by atoms with Crippen molar-refractivity contribution in [2.75, 3.05) is 11.3 Å². The molecule has 0 aromatic heterocycles. The number of sulfonamides is 1. The highest BCUT2D eigenvalue weighted by atomic mass is 32.2. The number of aryl methyl sites for hydroxylation is 1. The normalized spacial score (nSPS) is 13.3. The molecule has 0 saturated heterocycles. The van der Waals surface area contributed by atoms with Crippen molar-refractivity contribution in [1.82, 2.24) is 4.90 Å². The minimum absolute atomic E-state index is 0.122. The number of carbonyl (C=O) groups excluding carboxylic acids is 1. The minimum atomic E-state index is -4.02. The maximum atomic E-state index is 12.9. The predicted octanol–water partition coefficient (Wildman–Crippen LogP) is 3.90. The molecule has 1 N–H and O–H groups in total. The molecule has 1 heterocycles. The highest BCUT2D eigenvalue weighted by Crippen LogP contribution is 2.25. The largest absolute Gasteiger partial charge is 0.334 e. The van der Waals surface area contributed by atoms with Gasteiger partial charge >= 0.3 is 0 Å². The fraction of sp³-hybridized carbons (Fsp3) is 0.174. The maximum absolute atomic E-state index is 12.9. The SMILES string of the molecule is Cc1ccc(S(=O)(=O)Nc2ccc(C(=O)N3CCc4ccccc4C3)cc2)cc1[N+](=O)[O-]. The van der Waals surface area contributed by atoms with Crippen LogP contribution < -0.4 is 4.72 Å². The number of fused-ring (bicyclic) bond motifs is 1. The number of hydrogen-bond acceptors (Lipinski definition) is 5. The molecule has 9 heteroatoms. The Morgan fingerprint density at radius 3 is 2.41 bits per heavy atom. The Morgan fingerprint density at radius 2 is 1.72 bits per heavy atom. The predicted molar refractivity (Wildman–Crippen MR) is 120 cm³/mol. The third-order valence-corrected chi connectivity index (χ3v) is 6.87. The van der Waals surface area contributed by atoms with Crippen molar-refractivity contribution >= 4 is 27.3 Å². The molecule has 0 saturated carbocycles. The van der Waals surface area contributed by atoms with Crippen LogP contribution in [0, 0.1) is 17.0 Å². The lowest BCUT2D eigenvalue weighted by Gasteiger charge is -2.29. The van der Waals surface area contributed by atoms with Gasteiger partial charge in [0.15, 0.2) is 0 Å². The number of hydrogen-bond donors (Lipinski definition) is 1. The van der Waals surface area contributed by atoms with E-state index >= 15 is 0 Å². The molecule has 1 amide bonds. The summed E-state index contributed by atoms with van der Waals surface area (Å²) in [5.74, 6) is -0.122. The van der Waals surface area contributed by atoms with Crippen molar-refractivity contribution in [3.05, 3.63) is 99.1 Å². The van der Waals surface area contributed by atoms with Crippen LogP contribution in [0.1, 0.15) is 27.0 Å². The highest BCUT2D eigenvalue weighted by molar-refractivity contribution is 7.92. The van der Waals surface area contributed by atoms with E-state index in [1.165, 1.54) is 29.8 Å². The van der Waals surface area contributed by atoms with Gasteiger partial charge in [-0.15, -0.1) is 0 Å². The average Bonchev–Trinajstić information content (AvgIpc) is 2.78. The summed E-state index contributed by atoms with van der Waals surface area (Å²) in [4.78, 5) is 24.9. The zero-order valence-electron chi connectivity index (χ0n) is 17.3. The van der Waals surface area contributed by atoms with E-state index in [1.54, 1.807) is 24.0 Å². The van der Waals surface area contributed by atoms with Crippen molar-refractivity contribution in [3.63, 3.8) is 0 Å². The van der Waals surface area contributed by atoms with Crippen LogP contribution in [0.3, 0.4) is 0 Å².